The van der Waals surface area contributed by atoms with Gasteiger partial charge in [-0.25, -0.2) is 0 Å². The molecule has 0 atom stereocenters. The summed E-state index contributed by atoms with van der Waals surface area (Å²) >= 11 is 0. The van der Waals surface area contributed by atoms with Gasteiger partial charge in [-0.05, 0) is 6.92 Å². The molecule has 0 N–H and O–H groups in total. The first-order chi connectivity index (χ1) is 3.39. The number of rotatable bonds is 0. The quantitative estimate of drug-likeness (QED) is 0.499. The summed E-state index contributed by atoms with van der Waals surface area (Å²) in [7, 11) is 0. The molecule has 1 aromatic rings. The fraction of sp³-hybridized carbons (Fsp3) is 0.143. The Morgan fingerprint density at radius 2 is 1.50 bits per heavy atom. The van der Waals surface area contributed by atoms with Gasteiger partial charge in [0, 0.05) is 0 Å². The Morgan fingerprint density at radius 3 is 1.75 bits per heavy atom. The van der Waals surface area contributed by atoms with Crippen LogP contribution in [-0.2, 0) is 0 Å². The van der Waals surface area contributed by atoms with Crippen molar-refractivity contribution in [2.24, 2.45) is 0 Å². The molecule has 0 amide bonds. The molecule has 0 saturated heterocycles. The van der Waals surface area contributed by atoms with E-state index in [1.54, 1.807) is 0 Å². The smallest absolute Gasteiger partial charge is 0.0398 e. The Balaban J connectivity index is 0.000000490. The van der Waals surface area contributed by atoms with Crippen LogP contribution in [0, 0.1) is 6.92 Å². The monoisotopic (exact) mass is 126 g/mol. The van der Waals surface area contributed by atoms with Crippen molar-refractivity contribution < 1.29 is 0 Å². The predicted molar refractivity (Wildman–Crippen MR) is 41.6 cm³/mol. The van der Waals surface area contributed by atoms with Gasteiger partial charge in [0.05, 0.1) is 0 Å². The minimum atomic E-state index is 0. The van der Waals surface area contributed by atoms with Crippen LogP contribution >= 0.6 is 13.5 Å². The number of aryl methyl sites for hydroxylation is 1. The molecule has 1 aromatic carbocycles. The van der Waals surface area contributed by atoms with Crippen LogP contribution in [0.4, 0.5) is 0 Å². The molecular weight excluding hydrogens is 116 g/mol. The van der Waals surface area contributed by atoms with Crippen LogP contribution in [0.3, 0.4) is 0 Å². The van der Waals surface area contributed by atoms with Crippen molar-refractivity contribution in [3.63, 3.8) is 0 Å². The minimum absolute atomic E-state index is 0. The SMILES string of the molecule is Cc1ccccc1.S. The van der Waals surface area contributed by atoms with Gasteiger partial charge in [-0.1, -0.05) is 35.9 Å². The van der Waals surface area contributed by atoms with Gasteiger partial charge in [0.2, 0.25) is 0 Å². The van der Waals surface area contributed by atoms with Gasteiger partial charge < -0.3 is 0 Å². The van der Waals surface area contributed by atoms with Crippen LogP contribution in [0.5, 0.6) is 0 Å². The first kappa shape index (κ1) is 7.57. The molecule has 0 aliphatic heterocycles. The van der Waals surface area contributed by atoms with E-state index in [0.717, 1.165) is 0 Å². The van der Waals surface area contributed by atoms with E-state index >= 15 is 0 Å². The summed E-state index contributed by atoms with van der Waals surface area (Å²) in [6.07, 6.45) is 0. The third-order valence-electron chi connectivity index (χ3n) is 0.940. The number of hydrogen-bond acceptors (Lipinski definition) is 0. The van der Waals surface area contributed by atoms with E-state index in [1.807, 2.05) is 18.2 Å². The second-order valence-electron chi connectivity index (χ2n) is 1.65. The predicted octanol–water partition coefficient (Wildman–Crippen LogP) is 2.11. The van der Waals surface area contributed by atoms with Gasteiger partial charge in [0.25, 0.3) is 0 Å². The highest BCUT2D eigenvalue weighted by Crippen LogP contribution is 1.92. The molecule has 0 aliphatic rings. The lowest BCUT2D eigenvalue weighted by Crippen LogP contribution is -1.62. The van der Waals surface area contributed by atoms with Crippen molar-refractivity contribution in [3.8, 4) is 0 Å². The molecule has 0 aromatic heterocycles. The Labute approximate surface area is 57.0 Å². The zero-order valence-electron chi connectivity index (χ0n) is 4.89. The molecular formula is C7H10S. The van der Waals surface area contributed by atoms with E-state index in [1.165, 1.54) is 5.56 Å². The maximum absolute atomic E-state index is 2.08. The van der Waals surface area contributed by atoms with Crippen LogP contribution < -0.4 is 0 Å². The number of hydrogen-bond donors (Lipinski definition) is 0. The molecule has 0 fully saturated rings. The van der Waals surface area contributed by atoms with Crippen molar-refractivity contribution >= 4 is 13.5 Å². The Bertz CT molecular complexity index is 134. The van der Waals surface area contributed by atoms with E-state index in [0.29, 0.717) is 0 Å². The van der Waals surface area contributed by atoms with Gasteiger partial charge in [-0.3, -0.25) is 0 Å². The van der Waals surface area contributed by atoms with Gasteiger partial charge in [0.15, 0.2) is 0 Å². The fourth-order valence-corrected chi connectivity index (χ4v) is 0.534. The van der Waals surface area contributed by atoms with Crippen molar-refractivity contribution in [1.29, 1.82) is 0 Å². The van der Waals surface area contributed by atoms with E-state index in [4.69, 9.17) is 0 Å². The average Bonchev–Trinajstić information content (AvgIpc) is 1.69. The standard InChI is InChI=1S/C7H8.H2S/c1-7-5-3-2-4-6-7;/h2-6H,1H3;1H2. The molecule has 44 valence electrons. The lowest BCUT2D eigenvalue weighted by molar-refractivity contribution is 1.48. The molecule has 0 aliphatic carbocycles. The zero-order chi connectivity index (χ0) is 5.11. The molecule has 0 heterocycles. The summed E-state index contributed by atoms with van der Waals surface area (Å²) in [6.45, 7) is 2.08. The molecule has 0 spiro atoms. The van der Waals surface area contributed by atoms with Gasteiger partial charge in [0.1, 0.15) is 0 Å². The van der Waals surface area contributed by atoms with Crippen LogP contribution in [0.25, 0.3) is 0 Å². The second-order valence-corrected chi connectivity index (χ2v) is 1.65. The maximum Gasteiger partial charge on any atom is -0.0398 e. The highest BCUT2D eigenvalue weighted by molar-refractivity contribution is 7.59. The number of benzene rings is 1. The molecule has 1 rings (SSSR count). The normalized spacial score (nSPS) is 7.62. The van der Waals surface area contributed by atoms with Crippen molar-refractivity contribution in [3.05, 3.63) is 35.9 Å². The first-order valence-electron chi connectivity index (χ1n) is 2.41. The Hall–Kier alpha value is -0.430. The molecule has 1 heteroatoms. The lowest BCUT2D eigenvalue weighted by atomic mass is 10.2. The van der Waals surface area contributed by atoms with E-state index in [-0.39, 0.29) is 13.5 Å². The second kappa shape index (κ2) is 3.56. The van der Waals surface area contributed by atoms with Gasteiger partial charge >= 0.3 is 0 Å². The van der Waals surface area contributed by atoms with Crippen LogP contribution in [0.2, 0.25) is 0 Å². The summed E-state index contributed by atoms with van der Waals surface area (Å²) in [6, 6.07) is 10.3. The highest BCUT2D eigenvalue weighted by Gasteiger charge is 1.72. The van der Waals surface area contributed by atoms with E-state index < -0.39 is 0 Å². The summed E-state index contributed by atoms with van der Waals surface area (Å²) in [5, 5.41) is 0. The molecule has 8 heavy (non-hydrogen) atoms. The molecule has 0 unspecified atom stereocenters. The summed E-state index contributed by atoms with van der Waals surface area (Å²) in [5.41, 5.74) is 1.32. The van der Waals surface area contributed by atoms with Gasteiger partial charge in [-0.2, -0.15) is 13.5 Å². The Morgan fingerprint density at radius 1 is 1.00 bits per heavy atom. The Kier molecular flexibility index (Phi) is 3.37. The molecule has 0 radical (unpaired) electrons. The molecule has 0 bridgehead atoms. The van der Waals surface area contributed by atoms with Crippen LogP contribution in [-0.4, -0.2) is 0 Å². The fourth-order valence-electron chi connectivity index (χ4n) is 0.534. The summed E-state index contributed by atoms with van der Waals surface area (Å²) in [4.78, 5) is 0. The molecule has 0 nitrogen and oxygen atoms in total. The highest BCUT2D eigenvalue weighted by atomic mass is 32.1. The largest absolute Gasteiger partial charge is 0.197 e. The average molecular weight is 126 g/mol. The summed E-state index contributed by atoms with van der Waals surface area (Å²) < 4.78 is 0. The van der Waals surface area contributed by atoms with Crippen molar-refractivity contribution in [2.75, 3.05) is 0 Å². The lowest BCUT2D eigenvalue weighted by Gasteiger charge is -1.82. The first-order valence-corrected chi connectivity index (χ1v) is 2.41. The zero-order valence-corrected chi connectivity index (χ0v) is 5.89. The third kappa shape index (κ3) is 2.03. The van der Waals surface area contributed by atoms with Crippen LogP contribution in [0.1, 0.15) is 5.56 Å². The topological polar surface area (TPSA) is 0 Å². The van der Waals surface area contributed by atoms with E-state index in [2.05, 4.69) is 19.1 Å². The van der Waals surface area contributed by atoms with Crippen molar-refractivity contribution in [2.45, 2.75) is 6.92 Å². The van der Waals surface area contributed by atoms with Crippen LogP contribution in [0.15, 0.2) is 30.3 Å². The third-order valence-corrected chi connectivity index (χ3v) is 0.940. The van der Waals surface area contributed by atoms with Crippen molar-refractivity contribution in [1.82, 2.24) is 0 Å². The van der Waals surface area contributed by atoms with E-state index in [9.17, 15) is 0 Å². The minimum Gasteiger partial charge on any atom is -0.197 e. The maximum atomic E-state index is 2.08. The summed E-state index contributed by atoms with van der Waals surface area (Å²) in [5.74, 6) is 0. The molecule has 0 saturated carbocycles. The van der Waals surface area contributed by atoms with Gasteiger partial charge in [-0.15, -0.1) is 0 Å².